The number of amides is 1. The van der Waals surface area contributed by atoms with Gasteiger partial charge in [0.2, 0.25) is 0 Å². The SMILES string of the molecule is COC[C@H]1C[C@@](Cc2cscn2)(C(=O)O)N(C(=O)c2ccc(C(C)(C)C)c(OC)c2)[C@H]1c1ncc(C)s1. The Balaban J connectivity index is 1.90. The second-order valence-electron chi connectivity index (χ2n) is 10.5. The summed E-state index contributed by atoms with van der Waals surface area (Å²) in [5.41, 5.74) is 1.93. The molecular weight excluding hydrogens is 510 g/mol. The number of benzene rings is 1. The van der Waals surface area contributed by atoms with E-state index in [-0.39, 0.29) is 30.1 Å². The van der Waals surface area contributed by atoms with Gasteiger partial charge in [-0.15, -0.1) is 22.7 Å². The fourth-order valence-electron chi connectivity index (χ4n) is 5.26. The van der Waals surface area contributed by atoms with E-state index in [0.29, 0.717) is 28.6 Å². The highest BCUT2D eigenvalue weighted by Gasteiger charge is 2.60. The second-order valence-corrected chi connectivity index (χ2v) is 12.5. The molecule has 3 atom stereocenters. The van der Waals surface area contributed by atoms with E-state index < -0.39 is 17.6 Å². The van der Waals surface area contributed by atoms with Gasteiger partial charge in [0.15, 0.2) is 0 Å². The Morgan fingerprint density at radius 2 is 2.00 bits per heavy atom. The molecule has 0 unspecified atom stereocenters. The lowest BCUT2D eigenvalue weighted by molar-refractivity contribution is -0.149. The summed E-state index contributed by atoms with van der Waals surface area (Å²) >= 11 is 2.87. The van der Waals surface area contributed by atoms with E-state index in [0.717, 1.165) is 10.4 Å². The minimum atomic E-state index is -1.52. The standard InChI is InChI=1S/C27H33N3O5S2/c1-16-12-28-23(37-16)22-18(13-34-5)10-27(25(32)33,11-19-14-36-15-29-19)30(22)24(31)17-7-8-20(26(2,3)4)21(9-17)35-6/h7-9,12,14-15,18,22H,10-11,13H2,1-6H3,(H,32,33)/t18-,22-,27-/m1/s1. The quantitative estimate of drug-likeness (QED) is 0.420. The van der Waals surface area contributed by atoms with Crippen molar-refractivity contribution in [2.24, 2.45) is 5.92 Å². The molecule has 1 aliphatic rings. The Bertz CT molecular complexity index is 1270. The van der Waals surface area contributed by atoms with Gasteiger partial charge in [0.1, 0.15) is 16.3 Å². The third-order valence-corrected chi connectivity index (χ3v) is 8.51. The summed E-state index contributed by atoms with van der Waals surface area (Å²) in [5.74, 6) is -1.12. The maximum atomic E-state index is 14.4. The monoisotopic (exact) mass is 543 g/mol. The van der Waals surface area contributed by atoms with Gasteiger partial charge < -0.3 is 19.5 Å². The highest BCUT2D eigenvalue weighted by atomic mass is 32.1. The zero-order valence-electron chi connectivity index (χ0n) is 22.0. The van der Waals surface area contributed by atoms with Crippen LogP contribution >= 0.6 is 22.7 Å². The molecule has 0 aliphatic carbocycles. The number of carbonyl (C=O) groups is 2. The Kier molecular flexibility index (Phi) is 7.73. The van der Waals surface area contributed by atoms with Crippen molar-refractivity contribution < 1.29 is 24.2 Å². The van der Waals surface area contributed by atoms with Gasteiger partial charge in [-0.2, -0.15) is 0 Å². The molecule has 0 spiro atoms. The van der Waals surface area contributed by atoms with Gasteiger partial charge in [-0.1, -0.05) is 26.8 Å². The molecule has 198 valence electrons. The molecule has 0 radical (unpaired) electrons. The minimum Gasteiger partial charge on any atom is -0.496 e. The van der Waals surface area contributed by atoms with Crippen molar-refractivity contribution in [2.75, 3.05) is 20.8 Å². The summed E-state index contributed by atoms with van der Waals surface area (Å²) < 4.78 is 11.2. The number of carboxylic acid groups (broad SMARTS) is 1. The summed E-state index contributed by atoms with van der Waals surface area (Å²) in [5, 5.41) is 13.3. The molecule has 1 saturated heterocycles. The Labute approximate surface area is 225 Å². The first-order chi connectivity index (χ1) is 17.5. The third kappa shape index (κ3) is 5.15. The van der Waals surface area contributed by atoms with Crippen molar-refractivity contribution >= 4 is 34.6 Å². The van der Waals surface area contributed by atoms with Crippen LogP contribution in [0.3, 0.4) is 0 Å². The predicted molar refractivity (Wildman–Crippen MR) is 144 cm³/mol. The van der Waals surface area contributed by atoms with E-state index in [1.165, 1.54) is 27.6 Å². The Morgan fingerprint density at radius 1 is 1.24 bits per heavy atom. The number of rotatable bonds is 8. The lowest BCUT2D eigenvalue weighted by Gasteiger charge is -2.37. The zero-order valence-corrected chi connectivity index (χ0v) is 23.6. The number of carbonyl (C=O) groups excluding carboxylic acids is 1. The van der Waals surface area contributed by atoms with Gasteiger partial charge in [-0.25, -0.2) is 14.8 Å². The number of likely N-dealkylation sites (tertiary alicyclic amines) is 1. The fourth-order valence-corrected chi connectivity index (χ4v) is 6.78. The fraction of sp³-hybridized carbons (Fsp3) is 0.481. The molecule has 1 N–H and O–H groups in total. The average Bonchev–Trinajstić information content (AvgIpc) is 3.58. The van der Waals surface area contributed by atoms with E-state index in [1.807, 2.05) is 18.4 Å². The second kappa shape index (κ2) is 10.5. The summed E-state index contributed by atoms with van der Waals surface area (Å²) in [6, 6.07) is 4.80. The molecule has 4 rings (SSSR count). The largest absolute Gasteiger partial charge is 0.496 e. The predicted octanol–water partition coefficient (Wildman–Crippen LogP) is 5.13. The van der Waals surface area contributed by atoms with Crippen LogP contribution in [0.15, 0.2) is 35.3 Å². The number of nitrogens with zero attached hydrogens (tertiary/aromatic N) is 3. The first-order valence-electron chi connectivity index (χ1n) is 12.1. The van der Waals surface area contributed by atoms with Crippen LogP contribution in [0.5, 0.6) is 5.75 Å². The molecule has 2 aromatic heterocycles. The van der Waals surface area contributed by atoms with Gasteiger partial charge in [0, 0.05) is 41.5 Å². The Morgan fingerprint density at radius 3 is 2.54 bits per heavy atom. The smallest absolute Gasteiger partial charge is 0.330 e. The van der Waals surface area contributed by atoms with Crippen molar-refractivity contribution in [1.82, 2.24) is 14.9 Å². The minimum absolute atomic E-state index is 0.0931. The molecule has 37 heavy (non-hydrogen) atoms. The van der Waals surface area contributed by atoms with E-state index >= 15 is 0 Å². The molecule has 1 aliphatic heterocycles. The van der Waals surface area contributed by atoms with Gasteiger partial charge >= 0.3 is 5.97 Å². The number of hydrogen-bond donors (Lipinski definition) is 1. The molecule has 0 saturated carbocycles. The molecule has 1 fully saturated rings. The van der Waals surface area contributed by atoms with E-state index in [1.54, 1.807) is 38.1 Å². The molecule has 8 nitrogen and oxygen atoms in total. The van der Waals surface area contributed by atoms with Crippen molar-refractivity contribution in [3.8, 4) is 5.75 Å². The Hall–Kier alpha value is -2.82. The van der Waals surface area contributed by atoms with Gasteiger partial charge in [0.05, 0.1) is 31.0 Å². The number of thiazole rings is 2. The molecule has 0 bridgehead atoms. The van der Waals surface area contributed by atoms with Crippen molar-refractivity contribution in [2.45, 2.75) is 57.5 Å². The van der Waals surface area contributed by atoms with Crippen LogP contribution in [0.4, 0.5) is 0 Å². The third-order valence-electron chi connectivity index (χ3n) is 6.89. The molecule has 3 heterocycles. The van der Waals surface area contributed by atoms with Crippen molar-refractivity contribution in [1.29, 1.82) is 0 Å². The number of aliphatic carboxylic acids is 1. The highest BCUT2D eigenvalue weighted by molar-refractivity contribution is 7.11. The topological polar surface area (TPSA) is 102 Å². The van der Waals surface area contributed by atoms with E-state index in [9.17, 15) is 14.7 Å². The molecule has 1 amide bonds. The van der Waals surface area contributed by atoms with Crippen LogP contribution in [0.2, 0.25) is 0 Å². The first kappa shape index (κ1) is 27.2. The lowest BCUT2D eigenvalue weighted by Crippen LogP contribution is -2.55. The van der Waals surface area contributed by atoms with Crippen LogP contribution in [0, 0.1) is 12.8 Å². The van der Waals surface area contributed by atoms with Crippen LogP contribution in [-0.2, 0) is 21.4 Å². The van der Waals surface area contributed by atoms with Gasteiger partial charge in [0.25, 0.3) is 5.91 Å². The summed E-state index contributed by atoms with van der Waals surface area (Å²) in [6.07, 6.45) is 2.07. The number of methoxy groups -OCH3 is 2. The first-order valence-corrected chi connectivity index (χ1v) is 13.8. The van der Waals surface area contributed by atoms with Crippen LogP contribution in [0.1, 0.15) is 64.7 Å². The van der Waals surface area contributed by atoms with Gasteiger partial charge in [-0.05, 0) is 36.5 Å². The molecular formula is C27H33N3O5S2. The van der Waals surface area contributed by atoms with Crippen molar-refractivity contribution in [3.63, 3.8) is 0 Å². The summed E-state index contributed by atoms with van der Waals surface area (Å²) in [7, 11) is 3.17. The molecule has 1 aromatic carbocycles. The van der Waals surface area contributed by atoms with Gasteiger partial charge in [-0.3, -0.25) is 4.79 Å². The maximum absolute atomic E-state index is 14.4. The normalized spacial score (nSPS) is 21.8. The van der Waals surface area contributed by atoms with Crippen molar-refractivity contribution in [3.05, 3.63) is 62.0 Å². The lowest BCUT2D eigenvalue weighted by atomic mass is 9.85. The molecule has 10 heteroatoms. The average molecular weight is 544 g/mol. The van der Waals surface area contributed by atoms with Crippen LogP contribution < -0.4 is 4.74 Å². The van der Waals surface area contributed by atoms with E-state index in [2.05, 4.69) is 30.7 Å². The van der Waals surface area contributed by atoms with Crippen LogP contribution in [0.25, 0.3) is 0 Å². The van der Waals surface area contributed by atoms with E-state index in [4.69, 9.17) is 9.47 Å². The number of carboxylic acids is 1. The summed E-state index contributed by atoms with van der Waals surface area (Å²) in [4.78, 5) is 39.0. The molecule has 3 aromatic rings. The maximum Gasteiger partial charge on any atom is 0.330 e. The number of aryl methyl sites for hydroxylation is 1. The number of aromatic nitrogens is 2. The summed E-state index contributed by atoms with van der Waals surface area (Å²) in [6.45, 7) is 8.47. The van der Waals surface area contributed by atoms with Crippen LogP contribution in [-0.4, -0.2) is 58.2 Å². The number of ether oxygens (including phenoxy) is 2. The highest BCUT2D eigenvalue weighted by Crippen LogP contribution is 2.50. The zero-order chi connectivity index (χ0) is 27.0. The number of hydrogen-bond acceptors (Lipinski definition) is 8.